The number of fused-ring (bicyclic) bond motifs is 1. The Labute approximate surface area is 155 Å². The third-order valence-corrected chi connectivity index (χ3v) is 6.02. The summed E-state index contributed by atoms with van der Waals surface area (Å²) in [4.78, 5) is 44.2. The van der Waals surface area contributed by atoms with Crippen LogP contribution in [0.4, 0.5) is 4.79 Å². The van der Waals surface area contributed by atoms with E-state index in [1.165, 1.54) is 0 Å². The molecule has 3 fully saturated rings. The lowest BCUT2D eigenvalue weighted by molar-refractivity contribution is -0.152. The first-order valence-electron chi connectivity index (χ1n) is 8.88. The van der Waals surface area contributed by atoms with Crippen LogP contribution in [0.5, 0.6) is 0 Å². The Balaban J connectivity index is 1.41. The standard InChI is InChI=1S/C17H22N4O4S/c22-15-14-11-20(17(24)19-5-7-25-8-6-19)3-4-21(14)16(23)13(18-15)10-12-2-1-9-26-12/h1-2,9,13-14H,3-8,10-11H2,(H,18,22). The van der Waals surface area contributed by atoms with Gasteiger partial charge in [0.1, 0.15) is 12.1 Å². The van der Waals surface area contributed by atoms with Gasteiger partial charge in [0.15, 0.2) is 0 Å². The summed E-state index contributed by atoms with van der Waals surface area (Å²) in [6.07, 6.45) is 0.516. The highest BCUT2D eigenvalue weighted by atomic mass is 32.1. The van der Waals surface area contributed by atoms with E-state index in [0.29, 0.717) is 45.8 Å². The van der Waals surface area contributed by atoms with Crippen molar-refractivity contribution in [2.75, 3.05) is 45.9 Å². The SMILES string of the molecule is O=C1NC(Cc2cccs2)C(=O)N2CCN(C(=O)N3CCOCC3)CC12. The molecule has 0 aliphatic carbocycles. The summed E-state index contributed by atoms with van der Waals surface area (Å²) in [6, 6.07) is 2.72. The van der Waals surface area contributed by atoms with Gasteiger partial charge in [-0.1, -0.05) is 6.07 Å². The van der Waals surface area contributed by atoms with Gasteiger partial charge < -0.3 is 24.8 Å². The van der Waals surface area contributed by atoms with E-state index in [4.69, 9.17) is 4.74 Å². The molecular formula is C17H22N4O4S. The van der Waals surface area contributed by atoms with Crippen LogP contribution in [-0.2, 0) is 20.7 Å². The fourth-order valence-electron chi connectivity index (χ4n) is 3.70. The number of hydrogen-bond donors (Lipinski definition) is 1. The average Bonchev–Trinajstić information content (AvgIpc) is 3.19. The number of amides is 4. The second-order valence-corrected chi connectivity index (χ2v) is 7.75. The van der Waals surface area contributed by atoms with Gasteiger partial charge in [-0.05, 0) is 11.4 Å². The number of carbonyl (C=O) groups excluding carboxylic acids is 3. The fourth-order valence-corrected chi connectivity index (χ4v) is 4.45. The molecule has 1 aromatic heterocycles. The number of thiophene rings is 1. The van der Waals surface area contributed by atoms with Crippen molar-refractivity contribution in [1.29, 1.82) is 0 Å². The maximum atomic E-state index is 12.8. The van der Waals surface area contributed by atoms with Gasteiger partial charge >= 0.3 is 6.03 Å². The van der Waals surface area contributed by atoms with E-state index < -0.39 is 12.1 Å². The van der Waals surface area contributed by atoms with Gasteiger partial charge in [0.05, 0.1) is 19.8 Å². The summed E-state index contributed by atoms with van der Waals surface area (Å²) < 4.78 is 5.28. The molecule has 2 unspecified atom stereocenters. The molecule has 4 amide bonds. The van der Waals surface area contributed by atoms with E-state index >= 15 is 0 Å². The minimum absolute atomic E-state index is 0.0542. The van der Waals surface area contributed by atoms with E-state index in [2.05, 4.69) is 5.32 Å². The van der Waals surface area contributed by atoms with Crippen LogP contribution in [0, 0.1) is 0 Å². The molecule has 9 heteroatoms. The Bertz CT molecular complexity index is 689. The van der Waals surface area contributed by atoms with Crippen LogP contribution >= 0.6 is 11.3 Å². The van der Waals surface area contributed by atoms with Crippen molar-refractivity contribution in [1.82, 2.24) is 20.0 Å². The summed E-state index contributed by atoms with van der Waals surface area (Å²) >= 11 is 1.58. The van der Waals surface area contributed by atoms with Crippen molar-refractivity contribution in [3.05, 3.63) is 22.4 Å². The lowest BCUT2D eigenvalue weighted by Gasteiger charge is -2.46. The normalized spacial score (nSPS) is 26.5. The first-order chi connectivity index (χ1) is 12.6. The molecule has 3 aliphatic heterocycles. The zero-order chi connectivity index (χ0) is 18.1. The third-order valence-electron chi connectivity index (χ3n) is 5.12. The van der Waals surface area contributed by atoms with Crippen molar-refractivity contribution in [3.63, 3.8) is 0 Å². The van der Waals surface area contributed by atoms with Crippen molar-refractivity contribution in [3.8, 4) is 0 Å². The van der Waals surface area contributed by atoms with E-state index in [1.54, 1.807) is 26.0 Å². The molecule has 0 aromatic carbocycles. The summed E-state index contributed by atoms with van der Waals surface area (Å²) in [5.74, 6) is -0.230. The van der Waals surface area contributed by atoms with Crippen LogP contribution in [0.25, 0.3) is 0 Å². The molecule has 0 bridgehead atoms. The van der Waals surface area contributed by atoms with Gasteiger partial charge in [0.25, 0.3) is 0 Å². The molecule has 0 saturated carbocycles. The smallest absolute Gasteiger partial charge is 0.320 e. The van der Waals surface area contributed by atoms with Crippen LogP contribution in [0.2, 0.25) is 0 Å². The number of rotatable bonds is 2. The van der Waals surface area contributed by atoms with Crippen molar-refractivity contribution in [2.45, 2.75) is 18.5 Å². The Morgan fingerprint density at radius 1 is 1.19 bits per heavy atom. The van der Waals surface area contributed by atoms with Gasteiger partial charge in [-0.15, -0.1) is 11.3 Å². The minimum Gasteiger partial charge on any atom is -0.378 e. The second-order valence-electron chi connectivity index (χ2n) is 6.72. The minimum atomic E-state index is -0.596. The van der Waals surface area contributed by atoms with Crippen molar-refractivity contribution >= 4 is 29.2 Å². The molecule has 4 heterocycles. The summed E-state index contributed by atoms with van der Waals surface area (Å²) in [7, 11) is 0. The predicted octanol–water partition coefficient (Wildman–Crippen LogP) is -0.246. The Hall–Kier alpha value is -2.13. The van der Waals surface area contributed by atoms with Crippen LogP contribution in [-0.4, -0.2) is 90.6 Å². The van der Waals surface area contributed by atoms with E-state index in [0.717, 1.165) is 4.88 Å². The molecule has 140 valence electrons. The molecule has 0 radical (unpaired) electrons. The lowest BCUT2D eigenvalue weighted by Crippen LogP contribution is -2.70. The van der Waals surface area contributed by atoms with Crippen LogP contribution in [0.1, 0.15) is 4.88 Å². The average molecular weight is 378 g/mol. The number of carbonyl (C=O) groups is 3. The highest BCUT2D eigenvalue weighted by Gasteiger charge is 2.44. The Kier molecular flexibility index (Phi) is 4.82. The zero-order valence-corrected chi connectivity index (χ0v) is 15.2. The number of nitrogens with one attached hydrogen (secondary N) is 1. The molecular weight excluding hydrogens is 356 g/mol. The highest BCUT2D eigenvalue weighted by Crippen LogP contribution is 2.21. The quantitative estimate of drug-likeness (QED) is 0.770. The number of hydrogen-bond acceptors (Lipinski definition) is 5. The Morgan fingerprint density at radius 3 is 2.73 bits per heavy atom. The molecule has 1 N–H and O–H groups in total. The van der Waals surface area contributed by atoms with Gasteiger partial charge in [-0.2, -0.15) is 0 Å². The van der Waals surface area contributed by atoms with Crippen LogP contribution in [0.15, 0.2) is 17.5 Å². The number of morpholine rings is 1. The molecule has 0 spiro atoms. The first-order valence-corrected chi connectivity index (χ1v) is 9.76. The van der Waals surface area contributed by atoms with Crippen molar-refractivity contribution < 1.29 is 19.1 Å². The maximum absolute atomic E-state index is 12.8. The highest BCUT2D eigenvalue weighted by molar-refractivity contribution is 7.09. The van der Waals surface area contributed by atoms with Gasteiger partial charge in [-0.3, -0.25) is 9.59 Å². The van der Waals surface area contributed by atoms with E-state index in [-0.39, 0.29) is 24.4 Å². The van der Waals surface area contributed by atoms with Gasteiger partial charge in [0.2, 0.25) is 11.8 Å². The fraction of sp³-hybridized carbons (Fsp3) is 0.588. The summed E-state index contributed by atoms with van der Waals surface area (Å²) in [6.45, 7) is 3.32. The van der Waals surface area contributed by atoms with Crippen molar-refractivity contribution in [2.24, 2.45) is 0 Å². The largest absolute Gasteiger partial charge is 0.378 e. The van der Waals surface area contributed by atoms with Crippen LogP contribution < -0.4 is 5.32 Å². The molecule has 2 atom stereocenters. The number of urea groups is 1. The monoisotopic (exact) mass is 378 g/mol. The molecule has 26 heavy (non-hydrogen) atoms. The number of nitrogens with zero attached hydrogens (tertiary/aromatic N) is 3. The Morgan fingerprint density at radius 2 is 2.00 bits per heavy atom. The molecule has 3 aliphatic rings. The lowest BCUT2D eigenvalue weighted by atomic mass is 10.0. The molecule has 8 nitrogen and oxygen atoms in total. The van der Waals surface area contributed by atoms with E-state index in [9.17, 15) is 14.4 Å². The maximum Gasteiger partial charge on any atom is 0.320 e. The number of ether oxygens (including phenoxy) is 1. The zero-order valence-electron chi connectivity index (χ0n) is 14.4. The first kappa shape index (κ1) is 17.3. The molecule has 1 aromatic rings. The van der Waals surface area contributed by atoms with E-state index in [1.807, 2.05) is 17.5 Å². The van der Waals surface area contributed by atoms with Crippen LogP contribution in [0.3, 0.4) is 0 Å². The third kappa shape index (κ3) is 3.28. The summed E-state index contributed by atoms with van der Waals surface area (Å²) in [5.41, 5.74) is 0. The molecule has 4 rings (SSSR count). The number of piperazine rings is 2. The molecule has 3 saturated heterocycles. The van der Waals surface area contributed by atoms with Gasteiger partial charge in [0, 0.05) is 37.5 Å². The summed E-state index contributed by atoms with van der Waals surface area (Å²) in [5, 5.41) is 4.81. The second kappa shape index (κ2) is 7.24. The predicted molar refractivity (Wildman–Crippen MR) is 94.8 cm³/mol. The van der Waals surface area contributed by atoms with Gasteiger partial charge in [-0.25, -0.2) is 4.79 Å². The topological polar surface area (TPSA) is 82.2 Å².